The average molecular weight is 413 g/mol. The average Bonchev–Trinajstić information content (AvgIpc) is 2.62. The van der Waals surface area contributed by atoms with Gasteiger partial charge in [0.1, 0.15) is 18.0 Å². The minimum Gasteiger partial charge on any atom is -0.457 e. The first kappa shape index (κ1) is 17.9. The SMILES string of the molecule is Cc1cc(Br)c(=O)n(CC(=O)Nc2ccc(Oc3ccccc3)cc2)c1. The maximum absolute atomic E-state index is 12.2. The van der Waals surface area contributed by atoms with Gasteiger partial charge in [-0.15, -0.1) is 0 Å². The number of nitrogens with zero attached hydrogens (tertiary/aromatic N) is 1. The number of rotatable bonds is 5. The zero-order valence-electron chi connectivity index (χ0n) is 14.1. The van der Waals surface area contributed by atoms with Gasteiger partial charge in [-0.1, -0.05) is 18.2 Å². The van der Waals surface area contributed by atoms with Gasteiger partial charge in [0.2, 0.25) is 5.91 Å². The van der Waals surface area contributed by atoms with E-state index in [1.807, 2.05) is 37.3 Å². The number of benzene rings is 2. The Morgan fingerprint density at radius 3 is 2.42 bits per heavy atom. The Labute approximate surface area is 159 Å². The maximum atomic E-state index is 12.2. The number of nitrogens with one attached hydrogen (secondary N) is 1. The van der Waals surface area contributed by atoms with Crippen LogP contribution in [-0.4, -0.2) is 10.5 Å². The quantitative estimate of drug-likeness (QED) is 0.677. The highest BCUT2D eigenvalue weighted by molar-refractivity contribution is 9.10. The lowest BCUT2D eigenvalue weighted by molar-refractivity contribution is -0.116. The minimum atomic E-state index is -0.277. The topological polar surface area (TPSA) is 60.3 Å². The molecule has 2 aromatic carbocycles. The van der Waals surface area contributed by atoms with E-state index in [1.165, 1.54) is 4.57 Å². The standard InChI is InChI=1S/C20H17BrN2O3/c1-14-11-18(21)20(25)23(12-14)13-19(24)22-15-7-9-17(10-8-15)26-16-5-3-2-4-6-16/h2-12H,13H2,1H3,(H,22,24). The third-order valence-corrected chi connectivity index (χ3v) is 4.18. The van der Waals surface area contributed by atoms with E-state index < -0.39 is 0 Å². The van der Waals surface area contributed by atoms with Crippen molar-refractivity contribution in [3.63, 3.8) is 0 Å². The summed E-state index contributed by atoms with van der Waals surface area (Å²) in [5.41, 5.74) is 1.29. The molecule has 0 saturated carbocycles. The highest BCUT2D eigenvalue weighted by Crippen LogP contribution is 2.22. The molecule has 1 heterocycles. The number of anilines is 1. The number of halogens is 1. The predicted octanol–water partition coefficient (Wildman–Crippen LogP) is 4.35. The summed E-state index contributed by atoms with van der Waals surface area (Å²) in [6, 6.07) is 18.2. The second-order valence-corrected chi connectivity index (χ2v) is 6.64. The van der Waals surface area contributed by atoms with Gasteiger partial charge in [-0.25, -0.2) is 0 Å². The predicted molar refractivity (Wildman–Crippen MR) is 105 cm³/mol. The van der Waals surface area contributed by atoms with Crippen molar-refractivity contribution in [3.05, 3.63) is 87.3 Å². The molecule has 5 nitrogen and oxygen atoms in total. The zero-order valence-corrected chi connectivity index (χ0v) is 15.7. The van der Waals surface area contributed by atoms with E-state index in [-0.39, 0.29) is 18.0 Å². The van der Waals surface area contributed by atoms with Crippen molar-refractivity contribution in [1.29, 1.82) is 0 Å². The van der Waals surface area contributed by atoms with Crippen molar-refractivity contribution in [2.75, 3.05) is 5.32 Å². The number of hydrogen-bond donors (Lipinski definition) is 1. The van der Waals surface area contributed by atoms with E-state index >= 15 is 0 Å². The van der Waals surface area contributed by atoms with Crippen LogP contribution in [0.4, 0.5) is 5.69 Å². The van der Waals surface area contributed by atoms with Crippen LogP contribution in [0.2, 0.25) is 0 Å². The van der Waals surface area contributed by atoms with E-state index in [0.29, 0.717) is 15.9 Å². The molecule has 0 aliphatic carbocycles. The number of para-hydroxylation sites is 1. The van der Waals surface area contributed by atoms with Crippen LogP contribution < -0.4 is 15.6 Å². The van der Waals surface area contributed by atoms with Gasteiger partial charge in [0.25, 0.3) is 5.56 Å². The summed E-state index contributed by atoms with van der Waals surface area (Å²) in [5.74, 6) is 1.14. The van der Waals surface area contributed by atoms with Crippen LogP contribution in [0.5, 0.6) is 11.5 Å². The molecule has 0 atom stereocenters. The molecule has 0 aliphatic heterocycles. The van der Waals surface area contributed by atoms with Crippen LogP contribution in [0.1, 0.15) is 5.56 Å². The van der Waals surface area contributed by atoms with Crippen LogP contribution in [0.3, 0.4) is 0 Å². The van der Waals surface area contributed by atoms with Crippen LogP contribution >= 0.6 is 15.9 Å². The largest absolute Gasteiger partial charge is 0.457 e. The molecule has 0 spiro atoms. The molecule has 1 amide bonds. The third-order valence-electron chi connectivity index (χ3n) is 3.61. The van der Waals surface area contributed by atoms with Gasteiger partial charge < -0.3 is 14.6 Å². The second-order valence-electron chi connectivity index (χ2n) is 5.79. The van der Waals surface area contributed by atoms with Gasteiger partial charge in [-0.3, -0.25) is 9.59 Å². The van der Waals surface area contributed by atoms with Gasteiger partial charge >= 0.3 is 0 Å². The molecule has 6 heteroatoms. The number of carbonyl (C=O) groups excluding carboxylic acids is 1. The number of hydrogen-bond acceptors (Lipinski definition) is 3. The summed E-state index contributed by atoms with van der Waals surface area (Å²) in [4.78, 5) is 24.3. The fourth-order valence-electron chi connectivity index (χ4n) is 2.44. The van der Waals surface area contributed by atoms with Crippen molar-refractivity contribution in [2.45, 2.75) is 13.5 Å². The lowest BCUT2D eigenvalue weighted by Crippen LogP contribution is -2.27. The summed E-state index contributed by atoms with van der Waals surface area (Å²) in [5, 5.41) is 2.78. The van der Waals surface area contributed by atoms with Crippen LogP contribution in [-0.2, 0) is 11.3 Å². The van der Waals surface area contributed by atoms with Crippen LogP contribution in [0.25, 0.3) is 0 Å². The number of pyridine rings is 1. The molecule has 0 radical (unpaired) electrons. The van der Waals surface area contributed by atoms with E-state index in [4.69, 9.17) is 4.74 Å². The Balaban J connectivity index is 1.64. The Kier molecular flexibility index (Phi) is 5.53. The van der Waals surface area contributed by atoms with Crippen LogP contribution in [0, 0.1) is 6.92 Å². The summed E-state index contributed by atoms with van der Waals surface area (Å²) in [6.07, 6.45) is 1.66. The van der Waals surface area contributed by atoms with E-state index in [9.17, 15) is 9.59 Å². The zero-order chi connectivity index (χ0) is 18.5. The summed E-state index contributed by atoms with van der Waals surface area (Å²) >= 11 is 3.21. The third kappa shape index (κ3) is 4.61. The fourth-order valence-corrected chi connectivity index (χ4v) is 3.03. The van der Waals surface area contributed by atoms with Crippen molar-refractivity contribution >= 4 is 27.5 Å². The Morgan fingerprint density at radius 1 is 1.08 bits per heavy atom. The summed E-state index contributed by atoms with van der Waals surface area (Å²) < 4.78 is 7.53. The first-order valence-electron chi connectivity index (χ1n) is 8.01. The molecule has 1 N–H and O–H groups in total. The molecule has 0 bridgehead atoms. The molecular formula is C20H17BrN2O3. The highest BCUT2D eigenvalue weighted by Gasteiger charge is 2.08. The molecule has 132 valence electrons. The number of amides is 1. The Bertz CT molecular complexity index is 967. The molecule has 1 aromatic heterocycles. The van der Waals surface area contributed by atoms with Gasteiger partial charge in [-0.2, -0.15) is 0 Å². The number of ether oxygens (including phenoxy) is 1. The summed E-state index contributed by atoms with van der Waals surface area (Å²) in [7, 11) is 0. The monoisotopic (exact) mass is 412 g/mol. The van der Waals surface area contributed by atoms with E-state index in [2.05, 4.69) is 21.2 Å². The number of aryl methyl sites for hydroxylation is 1. The highest BCUT2D eigenvalue weighted by atomic mass is 79.9. The molecular weight excluding hydrogens is 396 g/mol. The smallest absolute Gasteiger partial charge is 0.265 e. The second kappa shape index (κ2) is 8.01. The van der Waals surface area contributed by atoms with Crippen molar-refractivity contribution < 1.29 is 9.53 Å². The van der Waals surface area contributed by atoms with Crippen LogP contribution in [0.15, 0.2) is 76.1 Å². The fraction of sp³-hybridized carbons (Fsp3) is 0.100. The number of aromatic nitrogens is 1. The first-order valence-corrected chi connectivity index (χ1v) is 8.80. The van der Waals surface area contributed by atoms with Crippen molar-refractivity contribution in [3.8, 4) is 11.5 Å². The van der Waals surface area contributed by atoms with E-state index in [1.54, 1.807) is 36.5 Å². The molecule has 0 unspecified atom stereocenters. The van der Waals surface area contributed by atoms with Gasteiger partial charge in [-0.05, 0) is 70.9 Å². The van der Waals surface area contributed by atoms with Gasteiger partial charge in [0.05, 0.1) is 4.47 Å². The van der Waals surface area contributed by atoms with Crippen molar-refractivity contribution in [2.24, 2.45) is 0 Å². The lowest BCUT2D eigenvalue weighted by Gasteiger charge is -2.10. The van der Waals surface area contributed by atoms with Gasteiger partial charge in [0.15, 0.2) is 0 Å². The molecule has 3 aromatic rings. The molecule has 0 saturated heterocycles. The summed E-state index contributed by atoms with van der Waals surface area (Å²) in [6.45, 7) is 1.81. The van der Waals surface area contributed by atoms with E-state index in [0.717, 1.165) is 11.3 Å². The first-order chi connectivity index (χ1) is 12.5. The molecule has 3 rings (SSSR count). The molecule has 26 heavy (non-hydrogen) atoms. The number of carbonyl (C=O) groups is 1. The lowest BCUT2D eigenvalue weighted by atomic mass is 10.3. The molecule has 0 fully saturated rings. The maximum Gasteiger partial charge on any atom is 0.265 e. The molecule has 0 aliphatic rings. The van der Waals surface area contributed by atoms with Crippen molar-refractivity contribution in [1.82, 2.24) is 4.57 Å². The Morgan fingerprint density at radius 2 is 1.73 bits per heavy atom. The normalized spacial score (nSPS) is 10.4. The van der Waals surface area contributed by atoms with Gasteiger partial charge in [0, 0.05) is 11.9 Å². The Hall–Kier alpha value is -2.86. The minimum absolute atomic E-state index is 0.0542.